The predicted octanol–water partition coefficient (Wildman–Crippen LogP) is 2.81. The maximum atomic E-state index is 8.77. The molecule has 0 saturated carbocycles. The minimum Gasteiger partial charge on any atom is -0.396 e. The van der Waals surface area contributed by atoms with Crippen LogP contribution in [-0.2, 0) is 6.42 Å². The summed E-state index contributed by atoms with van der Waals surface area (Å²) < 4.78 is 1.08. The Morgan fingerprint density at radius 3 is 2.86 bits per heavy atom. The van der Waals surface area contributed by atoms with Gasteiger partial charge in [-0.3, -0.25) is 0 Å². The minimum absolute atomic E-state index is 0.252. The lowest BCUT2D eigenvalue weighted by Crippen LogP contribution is -2.01. The lowest BCUT2D eigenvalue weighted by Gasteiger charge is -2.10. The molecule has 0 saturated heterocycles. The molecule has 1 rings (SSSR count). The molecule has 0 aliphatic rings. The van der Waals surface area contributed by atoms with Gasteiger partial charge in [-0.1, -0.05) is 22.0 Å². The van der Waals surface area contributed by atoms with Crippen molar-refractivity contribution in [1.29, 1.82) is 0 Å². The Kier molecular flexibility index (Phi) is 4.98. The summed E-state index contributed by atoms with van der Waals surface area (Å²) in [5, 5.41) is 12.1. The molecule has 0 fully saturated rings. The summed E-state index contributed by atoms with van der Waals surface area (Å²) in [6.45, 7) is 3.25. The van der Waals surface area contributed by atoms with Crippen LogP contribution in [0.2, 0.25) is 0 Å². The van der Waals surface area contributed by atoms with Crippen LogP contribution in [-0.4, -0.2) is 18.3 Å². The number of hydrogen-bond donors (Lipinski definition) is 2. The molecular formula is C11H16BrNO. The maximum Gasteiger partial charge on any atom is 0.0434 e. The van der Waals surface area contributed by atoms with E-state index in [-0.39, 0.29) is 6.61 Å². The zero-order chi connectivity index (χ0) is 10.4. The molecular weight excluding hydrogens is 242 g/mol. The van der Waals surface area contributed by atoms with E-state index >= 15 is 0 Å². The Bertz CT molecular complexity index is 289. The van der Waals surface area contributed by atoms with Crippen molar-refractivity contribution in [2.45, 2.75) is 19.8 Å². The molecule has 0 aliphatic carbocycles. The number of aryl methyl sites for hydroxylation is 1. The lowest BCUT2D eigenvalue weighted by atomic mass is 10.1. The summed E-state index contributed by atoms with van der Waals surface area (Å²) in [7, 11) is 0. The van der Waals surface area contributed by atoms with E-state index < -0.39 is 0 Å². The first-order valence-corrected chi connectivity index (χ1v) is 5.70. The number of aliphatic hydroxyl groups excluding tert-OH is 1. The van der Waals surface area contributed by atoms with Gasteiger partial charge in [0.1, 0.15) is 0 Å². The van der Waals surface area contributed by atoms with Crippen LogP contribution in [0.5, 0.6) is 0 Å². The van der Waals surface area contributed by atoms with Crippen molar-refractivity contribution in [3.05, 3.63) is 28.2 Å². The number of halogens is 1. The highest BCUT2D eigenvalue weighted by molar-refractivity contribution is 9.10. The molecule has 0 bridgehead atoms. The predicted molar refractivity (Wildman–Crippen MR) is 63.7 cm³/mol. The Morgan fingerprint density at radius 2 is 2.21 bits per heavy atom. The zero-order valence-electron chi connectivity index (χ0n) is 8.39. The smallest absolute Gasteiger partial charge is 0.0434 e. The summed E-state index contributed by atoms with van der Waals surface area (Å²) in [6, 6.07) is 6.21. The molecule has 3 heteroatoms. The van der Waals surface area contributed by atoms with E-state index in [1.165, 1.54) is 5.56 Å². The van der Waals surface area contributed by atoms with Gasteiger partial charge in [0.15, 0.2) is 0 Å². The van der Waals surface area contributed by atoms with E-state index in [4.69, 9.17) is 5.11 Å². The monoisotopic (exact) mass is 257 g/mol. The van der Waals surface area contributed by atoms with Gasteiger partial charge in [0, 0.05) is 23.3 Å². The van der Waals surface area contributed by atoms with E-state index in [1.54, 1.807) is 0 Å². The fraction of sp³-hybridized carbons (Fsp3) is 0.455. The normalized spacial score (nSPS) is 10.2. The SMILES string of the molecule is CCNc1cc(Br)ccc1CCCO. The summed E-state index contributed by atoms with van der Waals surface area (Å²) in [4.78, 5) is 0. The summed E-state index contributed by atoms with van der Waals surface area (Å²) in [5.74, 6) is 0. The van der Waals surface area contributed by atoms with E-state index in [0.29, 0.717) is 0 Å². The van der Waals surface area contributed by atoms with Crippen molar-refractivity contribution >= 4 is 21.6 Å². The Labute approximate surface area is 93.5 Å². The first-order chi connectivity index (χ1) is 6.77. The topological polar surface area (TPSA) is 32.3 Å². The molecule has 0 aliphatic heterocycles. The number of nitrogens with one attached hydrogen (secondary N) is 1. The zero-order valence-corrected chi connectivity index (χ0v) is 9.97. The van der Waals surface area contributed by atoms with Gasteiger partial charge in [0.25, 0.3) is 0 Å². The van der Waals surface area contributed by atoms with Crippen LogP contribution in [0.25, 0.3) is 0 Å². The third-order valence-electron chi connectivity index (χ3n) is 2.04. The van der Waals surface area contributed by atoms with Gasteiger partial charge in [-0.05, 0) is 37.5 Å². The van der Waals surface area contributed by atoms with E-state index in [1.807, 2.05) is 6.07 Å². The van der Waals surface area contributed by atoms with Crippen molar-refractivity contribution in [1.82, 2.24) is 0 Å². The highest BCUT2D eigenvalue weighted by Gasteiger charge is 2.01. The van der Waals surface area contributed by atoms with Gasteiger partial charge < -0.3 is 10.4 Å². The number of benzene rings is 1. The van der Waals surface area contributed by atoms with Crippen LogP contribution in [0.3, 0.4) is 0 Å². The largest absolute Gasteiger partial charge is 0.396 e. The molecule has 1 aromatic rings. The van der Waals surface area contributed by atoms with Crippen LogP contribution < -0.4 is 5.32 Å². The average Bonchev–Trinajstić information content (AvgIpc) is 2.17. The van der Waals surface area contributed by atoms with Crippen molar-refractivity contribution in [2.24, 2.45) is 0 Å². The van der Waals surface area contributed by atoms with Crippen LogP contribution >= 0.6 is 15.9 Å². The average molecular weight is 258 g/mol. The second kappa shape index (κ2) is 6.04. The van der Waals surface area contributed by atoms with Gasteiger partial charge in [0.2, 0.25) is 0 Å². The van der Waals surface area contributed by atoms with Crippen LogP contribution in [0.15, 0.2) is 22.7 Å². The van der Waals surface area contributed by atoms with E-state index in [9.17, 15) is 0 Å². The third-order valence-corrected chi connectivity index (χ3v) is 2.54. The standard InChI is InChI=1S/C11H16BrNO/c1-2-13-11-8-10(12)6-5-9(11)4-3-7-14/h5-6,8,13-14H,2-4,7H2,1H3. The molecule has 0 spiro atoms. The van der Waals surface area contributed by atoms with Crippen molar-refractivity contribution in [3.8, 4) is 0 Å². The molecule has 2 N–H and O–H groups in total. The van der Waals surface area contributed by atoms with Crippen molar-refractivity contribution in [2.75, 3.05) is 18.5 Å². The first kappa shape index (κ1) is 11.5. The number of aliphatic hydroxyl groups is 1. The Morgan fingerprint density at radius 1 is 1.43 bits per heavy atom. The van der Waals surface area contributed by atoms with Crippen molar-refractivity contribution in [3.63, 3.8) is 0 Å². The van der Waals surface area contributed by atoms with Crippen molar-refractivity contribution < 1.29 is 5.11 Å². The second-order valence-electron chi connectivity index (χ2n) is 3.16. The maximum absolute atomic E-state index is 8.77. The number of anilines is 1. The molecule has 78 valence electrons. The first-order valence-electron chi connectivity index (χ1n) is 4.91. The quantitative estimate of drug-likeness (QED) is 0.851. The molecule has 0 radical (unpaired) electrons. The fourth-order valence-electron chi connectivity index (χ4n) is 1.39. The van der Waals surface area contributed by atoms with E-state index in [0.717, 1.165) is 29.5 Å². The molecule has 0 amide bonds. The van der Waals surface area contributed by atoms with Crippen LogP contribution in [0.4, 0.5) is 5.69 Å². The molecule has 0 unspecified atom stereocenters. The van der Waals surface area contributed by atoms with Gasteiger partial charge in [-0.2, -0.15) is 0 Å². The van der Waals surface area contributed by atoms with Crippen LogP contribution in [0.1, 0.15) is 18.9 Å². The minimum atomic E-state index is 0.252. The van der Waals surface area contributed by atoms with Gasteiger partial charge in [-0.25, -0.2) is 0 Å². The Hall–Kier alpha value is -0.540. The molecule has 0 atom stereocenters. The summed E-state index contributed by atoms with van der Waals surface area (Å²) in [5.41, 5.74) is 2.43. The summed E-state index contributed by atoms with van der Waals surface area (Å²) >= 11 is 3.45. The summed E-state index contributed by atoms with van der Waals surface area (Å²) in [6.07, 6.45) is 1.74. The molecule has 14 heavy (non-hydrogen) atoms. The Balaban J connectivity index is 2.78. The number of hydrogen-bond acceptors (Lipinski definition) is 2. The lowest BCUT2D eigenvalue weighted by molar-refractivity contribution is 0.288. The molecule has 0 aromatic heterocycles. The van der Waals surface area contributed by atoms with Gasteiger partial charge in [0.05, 0.1) is 0 Å². The molecule has 1 aromatic carbocycles. The highest BCUT2D eigenvalue weighted by atomic mass is 79.9. The fourth-order valence-corrected chi connectivity index (χ4v) is 1.75. The second-order valence-corrected chi connectivity index (χ2v) is 4.07. The van der Waals surface area contributed by atoms with Gasteiger partial charge >= 0.3 is 0 Å². The highest BCUT2D eigenvalue weighted by Crippen LogP contribution is 2.22. The van der Waals surface area contributed by atoms with Crippen LogP contribution in [0, 0.1) is 0 Å². The number of rotatable bonds is 5. The molecule has 2 nitrogen and oxygen atoms in total. The molecule has 0 heterocycles. The third kappa shape index (κ3) is 3.31. The van der Waals surface area contributed by atoms with E-state index in [2.05, 4.69) is 40.3 Å². The van der Waals surface area contributed by atoms with Gasteiger partial charge in [-0.15, -0.1) is 0 Å².